The van der Waals surface area contributed by atoms with E-state index in [1.165, 1.54) is 0 Å². The Morgan fingerprint density at radius 2 is 2.00 bits per heavy atom. The first-order valence-corrected chi connectivity index (χ1v) is 4.06. The topological polar surface area (TPSA) is 41.5 Å². The van der Waals surface area contributed by atoms with Crippen LogP contribution in [0.15, 0.2) is 0 Å². The molecule has 0 aliphatic carbocycles. The summed E-state index contributed by atoms with van der Waals surface area (Å²) < 4.78 is 4.93. The van der Waals surface area contributed by atoms with E-state index in [1.54, 1.807) is 7.11 Å². The van der Waals surface area contributed by atoms with Crippen LogP contribution in [0.25, 0.3) is 0 Å². The van der Waals surface area contributed by atoms with Gasteiger partial charge in [-0.1, -0.05) is 0 Å². The molecule has 68 valence electrons. The van der Waals surface area contributed by atoms with Crippen molar-refractivity contribution < 1.29 is 9.84 Å². The fraction of sp³-hybridized carbons (Fsp3) is 1.00. The highest BCUT2D eigenvalue weighted by Gasteiger charge is 2.04. The average Bonchev–Trinajstić information content (AvgIpc) is 2.00. The summed E-state index contributed by atoms with van der Waals surface area (Å²) in [6.45, 7) is 5.01. The zero-order valence-electron chi connectivity index (χ0n) is 7.63. The first-order chi connectivity index (χ1) is 5.20. The Hall–Kier alpha value is -0.120. The van der Waals surface area contributed by atoms with E-state index >= 15 is 0 Å². The number of hydrogen-bond acceptors (Lipinski definition) is 3. The largest absolute Gasteiger partial charge is 0.395 e. The van der Waals surface area contributed by atoms with Gasteiger partial charge in [0, 0.05) is 25.8 Å². The van der Waals surface area contributed by atoms with Crippen molar-refractivity contribution in [1.82, 2.24) is 5.32 Å². The van der Waals surface area contributed by atoms with Crippen LogP contribution < -0.4 is 5.32 Å². The second-order valence-corrected chi connectivity index (χ2v) is 2.93. The average molecular weight is 161 g/mol. The number of methoxy groups -OCH3 is 1. The van der Waals surface area contributed by atoms with Crippen molar-refractivity contribution in [2.75, 3.05) is 20.3 Å². The van der Waals surface area contributed by atoms with Crippen LogP contribution in [0, 0.1) is 0 Å². The third kappa shape index (κ3) is 6.28. The van der Waals surface area contributed by atoms with E-state index in [2.05, 4.69) is 12.2 Å². The van der Waals surface area contributed by atoms with Crippen LogP contribution in [0.4, 0.5) is 0 Å². The molecule has 0 spiro atoms. The molecular weight excluding hydrogens is 142 g/mol. The van der Waals surface area contributed by atoms with Crippen molar-refractivity contribution in [1.29, 1.82) is 0 Å². The van der Waals surface area contributed by atoms with Crippen LogP contribution in [0.2, 0.25) is 0 Å². The van der Waals surface area contributed by atoms with E-state index in [4.69, 9.17) is 9.84 Å². The molecule has 0 rings (SSSR count). The molecule has 0 radical (unpaired) electrons. The summed E-state index contributed by atoms with van der Waals surface area (Å²) in [6.07, 6.45) is 0.987. The monoisotopic (exact) mass is 161 g/mol. The highest BCUT2D eigenvalue weighted by molar-refractivity contribution is 4.65. The summed E-state index contributed by atoms with van der Waals surface area (Å²) in [5, 5.41) is 11.9. The van der Waals surface area contributed by atoms with Crippen LogP contribution in [-0.4, -0.2) is 37.5 Å². The molecule has 2 N–H and O–H groups in total. The van der Waals surface area contributed by atoms with Crippen molar-refractivity contribution in [3.8, 4) is 0 Å². The van der Waals surface area contributed by atoms with Gasteiger partial charge in [0.2, 0.25) is 0 Å². The normalized spacial score (nSPS) is 16.4. The maximum absolute atomic E-state index is 8.72. The van der Waals surface area contributed by atoms with Gasteiger partial charge in [-0.25, -0.2) is 0 Å². The zero-order chi connectivity index (χ0) is 8.69. The van der Waals surface area contributed by atoms with Gasteiger partial charge in [0.1, 0.15) is 0 Å². The number of aliphatic hydroxyl groups excluding tert-OH is 1. The molecule has 3 heteroatoms. The van der Waals surface area contributed by atoms with Crippen molar-refractivity contribution in [3.05, 3.63) is 0 Å². The fourth-order valence-electron chi connectivity index (χ4n) is 0.916. The number of nitrogens with one attached hydrogen (secondary N) is 1. The number of aliphatic hydroxyl groups is 1. The molecule has 11 heavy (non-hydrogen) atoms. The zero-order valence-corrected chi connectivity index (χ0v) is 7.63. The summed E-state index contributed by atoms with van der Waals surface area (Å²) in [5.74, 6) is 0. The summed E-state index contributed by atoms with van der Waals surface area (Å²) in [4.78, 5) is 0. The van der Waals surface area contributed by atoms with Crippen LogP contribution in [-0.2, 0) is 4.74 Å². The maximum atomic E-state index is 8.72. The van der Waals surface area contributed by atoms with Gasteiger partial charge in [-0.15, -0.1) is 0 Å². The SMILES string of the molecule is COCCC(C)N[C@H](C)CO. The van der Waals surface area contributed by atoms with Crippen LogP contribution in [0.1, 0.15) is 20.3 Å². The molecule has 0 aromatic heterocycles. The predicted molar refractivity (Wildman–Crippen MR) is 45.6 cm³/mol. The van der Waals surface area contributed by atoms with Crippen LogP contribution in [0.3, 0.4) is 0 Å². The van der Waals surface area contributed by atoms with Gasteiger partial charge in [-0.2, -0.15) is 0 Å². The van der Waals surface area contributed by atoms with E-state index < -0.39 is 0 Å². The van der Waals surface area contributed by atoms with E-state index in [-0.39, 0.29) is 12.6 Å². The van der Waals surface area contributed by atoms with E-state index in [9.17, 15) is 0 Å². The minimum Gasteiger partial charge on any atom is -0.395 e. The standard InChI is InChI=1S/C8H19NO2/c1-7(4-5-11-3)9-8(2)6-10/h7-10H,4-6H2,1-3H3/t7?,8-/m1/s1. The lowest BCUT2D eigenvalue weighted by Crippen LogP contribution is -2.37. The molecule has 0 saturated heterocycles. The van der Waals surface area contributed by atoms with E-state index in [0.717, 1.165) is 13.0 Å². The lowest BCUT2D eigenvalue weighted by Gasteiger charge is -2.17. The number of ether oxygens (including phenoxy) is 1. The van der Waals surface area contributed by atoms with Crippen LogP contribution in [0.5, 0.6) is 0 Å². The lowest BCUT2D eigenvalue weighted by molar-refractivity contribution is 0.177. The Balaban J connectivity index is 3.27. The van der Waals surface area contributed by atoms with Crippen molar-refractivity contribution >= 4 is 0 Å². The molecule has 0 aliphatic rings. The van der Waals surface area contributed by atoms with Gasteiger partial charge in [0.25, 0.3) is 0 Å². The molecule has 0 fully saturated rings. The molecule has 0 heterocycles. The Labute approximate surface area is 68.8 Å². The summed E-state index contributed by atoms with van der Waals surface area (Å²) in [6, 6.07) is 0.596. The Bertz CT molecular complexity index is 88.2. The molecule has 1 unspecified atom stereocenters. The molecule has 0 aliphatic heterocycles. The van der Waals surface area contributed by atoms with Crippen molar-refractivity contribution in [2.24, 2.45) is 0 Å². The van der Waals surface area contributed by atoms with Gasteiger partial charge in [0.05, 0.1) is 6.61 Å². The van der Waals surface area contributed by atoms with Gasteiger partial charge >= 0.3 is 0 Å². The van der Waals surface area contributed by atoms with Gasteiger partial charge in [-0.3, -0.25) is 0 Å². The summed E-state index contributed by atoms with van der Waals surface area (Å²) in [5.41, 5.74) is 0. The predicted octanol–water partition coefficient (Wildman–Crippen LogP) is 0.382. The Morgan fingerprint density at radius 3 is 2.45 bits per heavy atom. The Kier molecular flexibility index (Phi) is 6.51. The lowest BCUT2D eigenvalue weighted by atomic mass is 10.2. The van der Waals surface area contributed by atoms with Crippen molar-refractivity contribution in [2.45, 2.75) is 32.4 Å². The first-order valence-electron chi connectivity index (χ1n) is 4.06. The molecule has 0 aromatic carbocycles. The molecule has 0 amide bonds. The molecule has 0 bridgehead atoms. The van der Waals surface area contributed by atoms with E-state index in [1.807, 2.05) is 6.92 Å². The fourth-order valence-corrected chi connectivity index (χ4v) is 0.916. The van der Waals surface area contributed by atoms with Crippen molar-refractivity contribution in [3.63, 3.8) is 0 Å². The molecule has 0 saturated carbocycles. The highest BCUT2D eigenvalue weighted by atomic mass is 16.5. The van der Waals surface area contributed by atoms with Crippen LogP contribution >= 0.6 is 0 Å². The first kappa shape index (κ1) is 10.9. The second kappa shape index (κ2) is 6.58. The quantitative estimate of drug-likeness (QED) is 0.592. The van der Waals surface area contributed by atoms with Gasteiger partial charge in [0.15, 0.2) is 0 Å². The molecule has 3 nitrogen and oxygen atoms in total. The molecule has 2 atom stereocenters. The highest BCUT2D eigenvalue weighted by Crippen LogP contribution is 1.92. The maximum Gasteiger partial charge on any atom is 0.0582 e. The second-order valence-electron chi connectivity index (χ2n) is 2.93. The number of rotatable bonds is 6. The molecule has 0 aromatic rings. The summed E-state index contributed by atoms with van der Waals surface area (Å²) >= 11 is 0. The van der Waals surface area contributed by atoms with Gasteiger partial charge in [-0.05, 0) is 20.3 Å². The summed E-state index contributed by atoms with van der Waals surface area (Å²) in [7, 11) is 1.70. The van der Waals surface area contributed by atoms with E-state index in [0.29, 0.717) is 6.04 Å². The third-order valence-corrected chi connectivity index (χ3v) is 1.60. The third-order valence-electron chi connectivity index (χ3n) is 1.60. The van der Waals surface area contributed by atoms with Gasteiger partial charge < -0.3 is 15.2 Å². The minimum absolute atomic E-state index is 0.182. The Morgan fingerprint density at radius 1 is 1.36 bits per heavy atom. The minimum atomic E-state index is 0.182. The smallest absolute Gasteiger partial charge is 0.0582 e. The number of hydrogen-bond donors (Lipinski definition) is 2. The molecular formula is C8H19NO2.